The fourth-order valence-electron chi connectivity index (χ4n) is 7.94. The molecule has 0 radical (unpaired) electrons. The minimum Gasteiger partial charge on any atom is -0.309 e. The summed E-state index contributed by atoms with van der Waals surface area (Å²) in [5, 5.41) is 7.38. The Morgan fingerprint density at radius 2 is 1.00 bits per heavy atom. The Morgan fingerprint density at radius 3 is 1.84 bits per heavy atom. The van der Waals surface area contributed by atoms with E-state index < -0.39 is 0 Å². The molecule has 0 unspecified atom stereocenters. The number of fused-ring (bicyclic) bond motifs is 10. The number of para-hydroxylation sites is 4. The van der Waals surface area contributed by atoms with Crippen molar-refractivity contribution in [2.45, 2.75) is 0 Å². The molecule has 0 amide bonds. The van der Waals surface area contributed by atoms with Crippen LogP contribution in [0.2, 0.25) is 0 Å². The molecule has 11 rings (SSSR count). The van der Waals surface area contributed by atoms with E-state index in [4.69, 9.17) is 4.98 Å². The van der Waals surface area contributed by atoms with Crippen LogP contribution in [0.4, 0.5) is 0 Å². The van der Waals surface area contributed by atoms with Crippen LogP contribution in [-0.2, 0) is 0 Å². The zero-order valence-electron chi connectivity index (χ0n) is 26.3. The monoisotopic (exact) mass is 641 g/mol. The number of hydrogen-bond acceptors (Lipinski definition) is 2. The maximum atomic E-state index is 5.21. The van der Waals surface area contributed by atoms with Crippen molar-refractivity contribution in [3.63, 3.8) is 0 Å². The second-order valence-corrected chi connectivity index (χ2v) is 13.8. The maximum Gasteiger partial charge on any atom is 0.0917 e. The first-order valence-electron chi connectivity index (χ1n) is 16.6. The zero-order valence-corrected chi connectivity index (χ0v) is 27.2. The number of rotatable bonds is 3. The molecular weight excluding hydrogens is 615 g/mol. The summed E-state index contributed by atoms with van der Waals surface area (Å²) in [7, 11) is 0. The topological polar surface area (TPSA) is 22.8 Å². The van der Waals surface area contributed by atoms with Gasteiger partial charge in [0.25, 0.3) is 0 Å². The molecule has 0 aliphatic rings. The van der Waals surface area contributed by atoms with Crippen LogP contribution in [0, 0.1) is 0 Å². The van der Waals surface area contributed by atoms with Gasteiger partial charge in [0.15, 0.2) is 0 Å². The van der Waals surface area contributed by atoms with Gasteiger partial charge in [-0.25, -0.2) is 4.98 Å². The summed E-state index contributed by atoms with van der Waals surface area (Å²) in [6.45, 7) is 0. The Morgan fingerprint density at radius 1 is 0.408 bits per heavy atom. The van der Waals surface area contributed by atoms with E-state index in [1.165, 1.54) is 80.9 Å². The molecule has 0 saturated carbocycles. The lowest BCUT2D eigenvalue weighted by atomic mass is 10.0. The summed E-state index contributed by atoms with van der Waals surface area (Å²) in [5.41, 5.74) is 11.7. The van der Waals surface area contributed by atoms with E-state index in [-0.39, 0.29) is 0 Å². The molecule has 0 saturated heterocycles. The molecule has 228 valence electrons. The summed E-state index contributed by atoms with van der Waals surface area (Å²) in [6, 6.07) is 59.4. The Kier molecular flexibility index (Phi) is 5.54. The van der Waals surface area contributed by atoms with Crippen LogP contribution in [0.25, 0.3) is 97.3 Å². The predicted molar refractivity (Wildman–Crippen MR) is 209 cm³/mol. The van der Waals surface area contributed by atoms with Gasteiger partial charge in [0, 0.05) is 42.7 Å². The number of nitrogens with zero attached hydrogens (tertiary/aromatic N) is 3. The fourth-order valence-corrected chi connectivity index (χ4v) is 9.13. The number of pyridine rings is 1. The third-order valence-electron chi connectivity index (χ3n) is 10.1. The summed E-state index contributed by atoms with van der Waals surface area (Å²) in [5.74, 6) is 0. The standard InChI is InChI=1S/C45H27N3S/c1-2-12-30(13-3-1)47-38-19-9-5-14-31(38)33-24-22-29(27-41(33)47)28-23-25-40-36(26-28)32-15-6-10-20-39(32)48(40)44-34-16-4-8-18-37(34)46-43-35-17-7-11-21-42(35)49-45(43)44/h1-27H. The molecule has 4 heterocycles. The Labute approximate surface area is 285 Å². The van der Waals surface area contributed by atoms with Crippen LogP contribution >= 0.6 is 11.3 Å². The van der Waals surface area contributed by atoms with Crippen molar-refractivity contribution in [3.8, 4) is 22.5 Å². The molecule has 0 spiro atoms. The first-order chi connectivity index (χ1) is 24.3. The minimum absolute atomic E-state index is 1.01. The van der Waals surface area contributed by atoms with Crippen molar-refractivity contribution in [1.82, 2.24) is 14.1 Å². The largest absolute Gasteiger partial charge is 0.309 e. The summed E-state index contributed by atoms with van der Waals surface area (Å²) in [4.78, 5) is 5.21. The molecule has 0 N–H and O–H groups in total. The third kappa shape index (κ3) is 3.80. The van der Waals surface area contributed by atoms with Gasteiger partial charge in [-0.15, -0.1) is 11.3 Å². The summed E-state index contributed by atoms with van der Waals surface area (Å²) >= 11 is 1.84. The zero-order chi connectivity index (χ0) is 32.1. The van der Waals surface area contributed by atoms with Crippen molar-refractivity contribution >= 4 is 86.2 Å². The molecule has 3 nitrogen and oxygen atoms in total. The van der Waals surface area contributed by atoms with Gasteiger partial charge >= 0.3 is 0 Å². The lowest BCUT2D eigenvalue weighted by Gasteiger charge is -2.13. The van der Waals surface area contributed by atoms with E-state index in [0.29, 0.717) is 0 Å². The SMILES string of the molecule is c1ccc(-n2c3ccccc3c3ccc(-c4ccc5c(c4)c4ccccc4n5-c4c5ccccc5nc5c4sc4ccccc45)cc32)cc1. The molecule has 49 heavy (non-hydrogen) atoms. The lowest BCUT2D eigenvalue weighted by molar-refractivity contribution is 1.18. The Bertz CT molecular complexity index is 3110. The lowest BCUT2D eigenvalue weighted by Crippen LogP contribution is -1.97. The molecule has 0 fully saturated rings. The van der Waals surface area contributed by atoms with E-state index in [2.05, 4.69) is 173 Å². The van der Waals surface area contributed by atoms with E-state index >= 15 is 0 Å². The molecule has 0 aliphatic heterocycles. The first kappa shape index (κ1) is 26.8. The van der Waals surface area contributed by atoms with Crippen LogP contribution in [0.1, 0.15) is 0 Å². The average molecular weight is 642 g/mol. The molecule has 0 atom stereocenters. The first-order valence-corrected chi connectivity index (χ1v) is 17.5. The van der Waals surface area contributed by atoms with Crippen LogP contribution in [-0.4, -0.2) is 14.1 Å². The molecule has 7 aromatic carbocycles. The summed E-state index contributed by atoms with van der Waals surface area (Å²) < 4.78 is 7.34. The molecule has 11 aromatic rings. The quantitative estimate of drug-likeness (QED) is 0.188. The van der Waals surface area contributed by atoms with Crippen molar-refractivity contribution in [2.75, 3.05) is 0 Å². The van der Waals surface area contributed by atoms with Gasteiger partial charge in [0.05, 0.1) is 43.5 Å². The molecule has 4 heteroatoms. The van der Waals surface area contributed by atoms with Gasteiger partial charge in [0.2, 0.25) is 0 Å². The van der Waals surface area contributed by atoms with E-state index in [0.717, 1.165) is 16.4 Å². The smallest absolute Gasteiger partial charge is 0.0917 e. The van der Waals surface area contributed by atoms with Crippen molar-refractivity contribution in [3.05, 3.63) is 164 Å². The minimum atomic E-state index is 1.01. The summed E-state index contributed by atoms with van der Waals surface area (Å²) in [6.07, 6.45) is 0. The van der Waals surface area contributed by atoms with Crippen LogP contribution in [0.15, 0.2) is 164 Å². The highest BCUT2D eigenvalue weighted by Gasteiger charge is 2.21. The van der Waals surface area contributed by atoms with Crippen LogP contribution in [0.5, 0.6) is 0 Å². The highest BCUT2D eigenvalue weighted by Crippen LogP contribution is 2.44. The van der Waals surface area contributed by atoms with Crippen molar-refractivity contribution in [1.29, 1.82) is 0 Å². The van der Waals surface area contributed by atoms with E-state index in [1.54, 1.807) is 0 Å². The molecule has 0 aliphatic carbocycles. The van der Waals surface area contributed by atoms with E-state index in [1.807, 2.05) is 11.3 Å². The molecule has 4 aromatic heterocycles. The van der Waals surface area contributed by atoms with Gasteiger partial charge in [0.1, 0.15) is 0 Å². The average Bonchev–Trinajstić information content (AvgIpc) is 3.81. The Balaban J connectivity index is 1.19. The predicted octanol–water partition coefficient (Wildman–Crippen LogP) is 12.5. The van der Waals surface area contributed by atoms with Gasteiger partial charge in [-0.1, -0.05) is 109 Å². The number of hydrogen-bond donors (Lipinski definition) is 0. The van der Waals surface area contributed by atoms with Gasteiger partial charge < -0.3 is 9.13 Å². The highest BCUT2D eigenvalue weighted by atomic mass is 32.1. The van der Waals surface area contributed by atoms with Crippen molar-refractivity contribution < 1.29 is 0 Å². The van der Waals surface area contributed by atoms with Gasteiger partial charge in [-0.2, -0.15) is 0 Å². The van der Waals surface area contributed by atoms with Gasteiger partial charge in [-0.3, -0.25) is 0 Å². The second kappa shape index (κ2) is 10.1. The van der Waals surface area contributed by atoms with Gasteiger partial charge in [-0.05, 0) is 65.7 Å². The van der Waals surface area contributed by atoms with E-state index in [9.17, 15) is 0 Å². The Hall–Kier alpha value is -6.23. The third-order valence-corrected chi connectivity index (χ3v) is 11.3. The fraction of sp³-hybridized carbons (Fsp3) is 0. The highest BCUT2D eigenvalue weighted by molar-refractivity contribution is 7.26. The molecule has 0 bridgehead atoms. The second-order valence-electron chi connectivity index (χ2n) is 12.8. The normalized spacial score (nSPS) is 12.1. The number of thiophene rings is 1. The van der Waals surface area contributed by atoms with Crippen molar-refractivity contribution in [2.24, 2.45) is 0 Å². The van der Waals surface area contributed by atoms with Crippen LogP contribution in [0.3, 0.4) is 0 Å². The van der Waals surface area contributed by atoms with Crippen LogP contribution < -0.4 is 0 Å². The molecular formula is C45H27N3S. The number of aromatic nitrogens is 3. The number of benzene rings is 7. The maximum absolute atomic E-state index is 5.21.